The molecule has 0 unspecified atom stereocenters. The van der Waals surface area contributed by atoms with Crippen molar-refractivity contribution in [2.75, 3.05) is 13.2 Å². The highest BCUT2D eigenvalue weighted by Crippen LogP contribution is 2.37. The summed E-state index contributed by atoms with van der Waals surface area (Å²) in [5.41, 5.74) is 0.930. The molecule has 1 fully saturated rings. The van der Waals surface area contributed by atoms with Gasteiger partial charge < -0.3 is 19.6 Å². The van der Waals surface area contributed by atoms with Crippen molar-refractivity contribution in [1.82, 2.24) is 4.98 Å². The summed E-state index contributed by atoms with van der Waals surface area (Å²) in [5.74, 6) is -1.56. The lowest BCUT2D eigenvalue weighted by molar-refractivity contribution is -0.157. The molecule has 22 heavy (non-hydrogen) atoms. The summed E-state index contributed by atoms with van der Waals surface area (Å²) < 4.78 is 11.5. The number of nitrogens with zero attached hydrogens (tertiary/aromatic N) is 2. The number of azo groups is 1. The molecule has 0 saturated carbocycles. The Kier molecular flexibility index (Phi) is 3.98. The average molecular weight is 368 g/mol. The summed E-state index contributed by atoms with van der Waals surface area (Å²) >= 11 is 3.35. The standard InChI is InChI=1S/C14H14BrN3O4/c1-14(21-4-5-22-14)7-11(19)17-18-12-9-6-8(15)2-3-10(9)16-13(12)20/h2-3,6,16,20H,4-5,7H2,1H3. The predicted octanol–water partition coefficient (Wildman–Crippen LogP) is 3.40. The molecule has 0 radical (unpaired) electrons. The minimum atomic E-state index is -0.943. The lowest BCUT2D eigenvalue weighted by atomic mass is 10.2. The molecule has 0 spiro atoms. The number of nitrogens with one attached hydrogen (secondary N) is 1. The minimum Gasteiger partial charge on any atom is -0.493 e. The van der Waals surface area contributed by atoms with E-state index in [4.69, 9.17) is 9.47 Å². The topological polar surface area (TPSA) is 96.3 Å². The van der Waals surface area contributed by atoms with Crippen LogP contribution in [0, 0.1) is 0 Å². The largest absolute Gasteiger partial charge is 0.493 e. The van der Waals surface area contributed by atoms with Crippen molar-refractivity contribution in [2.24, 2.45) is 10.2 Å². The van der Waals surface area contributed by atoms with Gasteiger partial charge in [0, 0.05) is 9.86 Å². The number of aromatic amines is 1. The van der Waals surface area contributed by atoms with Gasteiger partial charge in [-0.3, -0.25) is 4.79 Å². The van der Waals surface area contributed by atoms with Crippen molar-refractivity contribution in [3.05, 3.63) is 22.7 Å². The Hall–Kier alpha value is -1.77. The quantitative estimate of drug-likeness (QED) is 0.812. The third-order valence-electron chi connectivity index (χ3n) is 3.35. The Morgan fingerprint density at radius 3 is 2.91 bits per heavy atom. The lowest BCUT2D eigenvalue weighted by Crippen LogP contribution is -2.28. The van der Waals surface area contributed by atoms with Crippen LogP contribution in [-0.2, 0) is 14.3 Å². The number of fused-ring (bicyclic) bond motifs is 1. The number of ether oxygens (including phenoxy) is 2. The number of halogens is 1. The number of carbonyl (C=O) groups is 1. The molecular formula is C14H14BrN3O4. The van der Waals surface area contributed by atoms with Gasteiger partial charge in [0.25, 0.3) is 5.91 Å². The third-order valence-corrected chi connectivity index (χ3v) is 3.84. The van der Waals surface area contributed by atoms with Gasteiger partial charge in [-0.15, -0.1) is 10.2 Å². The Morgan fingerprint density at radius 2 is 2.18 bits per heavy atom. The number of H-pyrrole nitrogens is 1. The second-order valence-corrected chi connectivity index (χ2v) is 6.03. The van der Waals surface area contributed by atoms with Crippen LogP contribution < -0.4 is 0 Å². The number of hydrogen-bond acceptors (Lipinski definition) is 5. The summed E-state index contributed by atoms with van der Waals surface area (Å²) in [6.07, 6.45) is -0.0245. The van der Waals surface area contributed by atoms with Gasteiger partial charge in [-0.25, -0.2) is 0 Å². The van der Waals surface area contributed by atoms with Crippen LogP contribution in [0.4, 0.5) is 5.69 Å². The zero-order valence-electron chi connectivity index (χ0n) is 11.8. The molecule has 2 N–H and O–H groups in total. The highest BCUT2D eigenvalue weighted by Gasteiger charge is 2.33. The molecule has 1 aliphatic rings. The maximum Gasteiger partial charge on any atom is 0.270 e. The number of benzene rings is 1. The van der Waals surface area contributed by atoms with Crippen molar-refractivity contribution in [1.29, 1.82) is 0 Å². The second-order valence-electron chi connectivity index (χ2n) is 5.11. The molecule has 7 nitrogen and oxygen atoms in total. The average Bonchev–Trinajstić information content (AvgIpc) is 3.00. The molecular weight excluding hydrogens is 354 g/mol. The molecule has 0 atom stereocenters. The summed E-state index contributed by atoms with van der Waals surface area (Å²) in [6.45, 7) is 2.60. The van der Waals surface area contributed by atoms with Crippen molar-refractivity contribution in [3.8, 4) is 5.88 Å². The summed E-state index contributed by atoms with van der Waals surface area (Å²) in [4.78, 5) is 14.7. The molecule has 3 rings (SSSR count). The molecule has 1 saturated heterocycles. The van der Waals surface area contributed by atoms with Gasteiger partial charge >= 0.3 is 0 Å². The van der Waals surface area contributed by atoms with E-state index < -0.39 is 11.7 Å². The molecule has 116 valence electrons. The number of carbonyl (C=O) groups excluding carboxylic acids is 1. The molecule has 1 aliphatic heterocycles. The third kappa shape index (κ3) is 3.03. The van der Waals surface area contributed by atoms with E-state index in [0.717, 1.165) is 4.47 Å². The van der Waals surface area contributed by atoms with Crippen LogP contribution in [0.5, 0.6) is 5.88 Å². The Morgan fingerprint density at radius 1 is 1.45 bits per heavy atom. The fourth-order valence-corrected chi connectivity index (χ4v) is 2.67. The molecule has 1 amide bonds. The van der Waals surface area contributed by atoms with Crippen LogP contribution in [-0.4, -0.2) is 35.0 Å². The zero-order valence-corrected chi connectivity index (χ0v) is 13.4. The van der Waals surface area contributed by atoms with E-state index in [1.54, 1.807) is 19.1 Å². The first-order valence-corrected chi connectivity index (χ1v) is 7.49. The van der Waals surface area contributed by atoms with E-state index in [2.05, 4.69) is 31.1 Å². The van der Waals surface area contributed by atoms with Crippen LogP contribution >= 0.6 is 15.9 Å². The fraction of sp³-hybridized carbons (Fsp3) is 0.357. The van der Waals surface area contributed by atoms with Crippen molar-refractivity contribution in [2.45, 2.75) is 19.1 Å². The van der Waals surface area contributed by atoms with Crippen LogP contribution in [0.1, 0.15) is 13.3 Å². The molecule has 0 bridgehead atoms. The molecule has 2 aromatic rings. The fourth-order valence-electron chi connectivity index (χ4n) is 2.31. The summed E-state index contributed by atoms with van der Waals surface area (Å²) in [5, 5.41) is 18.1. The van der Waals surface area contributed by atoms with Gasteiger partial charge in [-0.05, 0) is 25.1 Å². The number of rotatable bonds is 3. The smallest absolute Gasteiger partial charge is 0.270 e. The van der Waals surface area contributed by atoms with Crippen molar-refractivity contribution in [3.63, 3.8) is 0 Å². The lowest BCUT2D eigenvalue weighted by Gasteiger charge is -2.19. The van der Waals surface area contributed by atoms with E-state index in [0.29, 0.717) is 24.1 Å². The predicted molar refractivity (Wildman–Crippen MR) is 82.1 cm³/mol. The van der Waals surface area contributed by atoms with Crippen LogP contribution in [0.25, 0.3) is 10.9 Å². The number of hydrogen-bond donors (Lipinski definition) is 2. The van der Waals surface area contributed by atoms with Crippen LogP contribution in [0.3, 0.4) is 0 Å². The molecule has 8 heteroatoms. The van der Waals surface area contributed by atoms with Crippen molar-refractivity contribution < 1.29 is 19.4 Å². The maximum atomic E-state index is 11.9. The first kappa shape index (κ1) is 15.1. The van der Waals surface area contributed by atoms with E-state index in [-0.39, 0.29) is 18.0 Å². The first-order valence-electron chi connectivity index (χ1n) is 6.69. The SMILES string of the molecule is CC1(CC(=O)N=Nc2c(O)[nH]c3ccc(Br)cc23)OCCO1. The highest BCUT2D eigenvalue weighted by molar-refractivity contribution is 9.10. The molecule has 0 aliphatic carbocycles. The minimum absolute atomic E-state index is 0.0245. The van der Waals surface area contributed by atoms with Gasteiger partial charge in [-0.1, -0.05) is 15.9 Å². The zero-order chi connectivity index (χ0) is 15.7. The van der Waals surface area contributed by atoms with Crippen molar-refractivity contribution >= 4 is 38.4 Å². The van der Waals surface area contributed by atoms with E-state index in [9.17, 15) is 9.90 Å². The van der Waals surface area contributed by atoms with Gasteiger partial charge in [0.1, 0.15) is 0 Å². The Labute approximate surface area is 134 Å². The van der Waals surface area contributed by atoms with E-state index in [1.165, 1.54) is 0 Å². The number of amides is 1. The van der Waals surface area contributed by atoms with Gasteiger partial charge in [-0.2, -0.15) is 0 Å². The van der Waals surface area contributed by atoms with Gasteiger partial charge in [0.15, 0.2) is 11.5 Å². The van der Waals surface area contributed by atoms with Crippen LogP contribution in [0.2, 0.25) is 0 Å². The van der Waals surface area contributed by atoms with Crippen LogP contribution in [0.15, 0.2) is 32.9 Å². The monoisotopic (exact) mass is 367 g/mol. The van der Waals surface area contributed by atoms with Gasteiger partial charge in [0.2, 0.25) is 5.88 Å². The normalized spacial score (nSPS) is 17.5. The summed E-state index contributed by atoms with van der Waals surface area (Å²) in [6, 6.07) is 5.41. The number of aromatic nitrogens is 1. The molecule has 1 aromatic heterocycles. The summed E-state index contributed by atoms with van der Waals surface area (Å²) in [7, 11) is 0. The van der Waals surface area contributed by atoms with Gasteiger partial charge in [0.05, 0.1) is 25.2 Å². The molecule has 2 heterocycles. The maximum absolute atomic E-state index is 11.9. The molecule has 1 aromatic carbocycles. The number of aromatic hydroxyl groups is 1. The first-order chi connectivity index (χ1) is 10.5. The highest BCUT2D eigenvalue weighted by atomic mass is 79.9. The second kappa shape index (κ2) is 5.79. The Bertz CT molecular complexity index is 750. The van der Waals surface area contributed by atoms with E-state index >= 15 is 0 Å². The van der Waals surface area contributed by atoms with E-state index in [1.807, 2.05) is 6.07 Å². The Balaban J connectivity index is 1.81.